The molecule has 10 heteroatoms. The summed E-state index contributed by atoms with van der Waals surface area (Å²) < 4.78 is 31.5. The highest BCUT2D eigenvalue weighted by Crippen LogP contribution is 2.31. The van der Waals surface area contributed by atoms with Crippen LogP contribution >= 0.6 is 0 Å². The van der Waals surface area contributed by atoms with Crippen LogP contribution in [0.5, 0.6) is 17.4 Å². The van der Waals surface area contributed by atoms with Crippen molar-refractivity contribution < 1.29 is 28.2 Å². The number of aromatic nitrogens is 1. The van der Waals surface area contributed by atoms with Crippen molar-refractivity contribution in [2.45, 2.75) is 19.3 Å². The third-order valence-electron chi connectivity index (χ3n) is 7.27. The Hall–Kier alpha value is -4.70. The van der Waals surface area contributed by atoms with E-state index in [1.54, 1.807) is 42.5 Å². The van der Waals surface area contributed by atoms with Gasteiger partial charge in [0.2, 0.25) is 5.88 Å². The number of pyridine rings is 1. The zero-order chi connectivity index (χ0) is 28.9. The molecule has 2 amide bonds. The summed E-state index contributed by atoms with van der Waals surface area (Å²) in [7, 11) is 0. The number of hydrogen-bond donors (Lipinski definition) is 2. The van der Waals surface area contributed by atoms with Crippen LogP contribution in [-0.4, -0.2) is 61.2 Å². The number of likely N-dealkylation sites (tertiary alicyclic amines) is 1. The van der Waals surface area contributed by atoms with E-state index in [-0.39, 0.29) is 5.69 Å². The second-order valence-corrected chi connectivity index (χ2v) is 10.3. The molecule has 0 saturated carbocycles. The van der Waals surface area contributed by atoms with Crippen LogP contribution in [0, 0.1) is 5.82 Å². The average Bonchev–Trinajstić information content (AvgIpc) is 3.54. The van der Waals surface area contributed by atoms with Gasteiger partial charge in [-0.3, -0.25) is 9.59 Å². The van der Waals surface area contributed by atoms with Gasteiger partial charge in [0, 0.05) is 34.8 Å². The number of nitrogens with zero attached hydrogens (tertiary/aromatic N) is 2. The molecule has 3 heterocycles. The van der Waals surface area contributed by atoms with Crippen LogP contribution in [-0.2, 0) is 0 Å². The Morgan fingerprint density at radius 2 is 1.62 bits per heavy atom. The smallest absolute Gasteiger partial charge is 0.255 e. The van der Waals surface area contributed by atoms with Gasteiger partial charge < -0.3 is 29.7 Å². The summed E-state index contributed by atoms with van der Waals surface area (Å²) in [4.78, 5) is 32.8. The molecule has 2 aliphatic heterocycles. The number of amides is 2. The summed E-state index contributed by atoms with van der Waals surface area (Å²) in [6, 6.07) is 17.6. The average molecular weight is 571 g/mol. The van der Waals surface area contributed by atoms with Gasteiger partial charge in [-0.15, -0.1) is 0 Å². The molecular formula is C32H31FN4O5. The standard InChI is InChI=1S/C32H31FN4O5/c33-25-8-7-24(34-31(38)23-5-10-28-29(19-23)41-17-16-40-28)20-27(25)36-32(39)22-4-9-26-21(18-22)6-11-30(35-26)42-15-3-14-37-12-1-2-13-37/h4-11,18-20H,1-3,12-17H2,(H,34,38)(H,36,39). The summed E-state index contributed by atoms with van der Waals surface area (Å²) in [5.74, 6) is 0.0726. The number of nitrogens with one attached hydrogen (secondary N) is 2. The highest BCUT2D eigenvalue weighted by Gasteiger charge is 2.17. The van der Waals surface area contributed by atoms with E-state index in [1.807, 2.05) is 6.07 Å². The van der Waals surface area contributed by atoms with Crippen molar-refractivity contribution in [1.29, 1.82) is 0 Å². The molecule has 216 valence electrons. The van der Waals surface area contributed by atoms with Crippen LogP contribution in [0.4, 0.5) is 15.8 Å². The second-order valence-electron chi connectivity index (χ2n) is 10.3. The Balaban J connectivity index is 1.08. The Kier molecular flexibility index (Phi) is 8.14. The first kappa shape index (κ1) is 27.5. The first-order chi connectivity index (χ1) is 20.5. The van der Waals surface area contributed by atoms with Gasteiger partial charge in [-0.2, -0.15) is 0 Å². The van der Waals surface area contributed by atoms with Gasteiger partial charge in [0.05, 0.1) is 17.8 Å². The number of anilines is 2. The predicted molar refractivity (Wildman–Crippen MR) is 157 cm³/mol. The highest BCUT2D eigenvalue weighted by atomic mass is 19.1. The Morgan fingerprint density at radius 1 is 0.857 bits per heavy atom. The summed E-state index contributed by atoms with van der Waals surface area (Å²) in [6.45, 7) is 4.82. The summed E-state index contributed by atoms with van der Waals surface area (Å²) in [5.41, 5.74) is 1.65. The molecule has 3 aromatic carbocycles. The highest BCUT2D eigenvalue weighted by molar-refractivity contribution is 6.07. The first-order valence-electron chi connectivity index (χ1n) is 14.1. The molecule has 1 saturated heterocycles. The number of hydrogen-bond acceptors (Lipinski definition) is 7. The maximum Gasteiger partial charge on any atom is 0.255 e. The Labute approximate surface area is 242 Å². The molecule has 0 spiro atoms. The number of rotatable bonds is 9. The lowest BCUT2D eigenvalue weighted by Crippen LogP contribution is -2.22. The SMILES string of the molecule is O=C(Nc1ccc(F)c(NC(=O)c2ccc3nc(OCCCN4CCCC4)ccc3c2)c1)c1ccc2c(c1)OCCO2. The second kappa shape index (κ2) is 12.4. The molecule has 0 bridgehead atoms. The van der Waals surface area contributed by atoms with Gasteiger partial charge in [-0.1, -0.05) is 0 Å². The molecule has 2 N–H and O–H groups in total. The fraction of sp³-hybridized carbons (Fsp3) is 0.281. The first-order valence-corrected chi connectivity index (χ1v) is 14.1. The van der Waals surface area contributed by atoms with E-state index in [4.69, 9.17) is 14.2 Å². The maximum atomic E-state index is 14.6. The Bertz CT molecular complexity index is 1620. The lowest BCUT2D eigenvalue weighted by atomic mass is 10.1. The molecule has 1 aromatic heterocycles. The number of fused-ring (bicyclic) bond motifs is 2. The maximum absolute atomic E-state index is 14.6. The monoisotopic (exact) mass is 570 g/mol. The fourth-order valence-corrected chi connectivity index (χ4v) is 5.08. The molecule has 6 rings (SSSR count). The van der Waals surface area contributed by atoms with Crippen LogP contribution in [0.1, 0.15) is 40.0 Å². The minimum absolute atomic E-state index is 0.0594. The van der Waals surface area contributed by atoms with Gasteiger partial charge >= 0.3 is 0 Å². The van der Waals surface area contributed by atoms with E-state index < -0.39 is 17.6 Å². The van der Waals surface area contributed by atoms with E-state index in [0.29, 0.717) is 59.5 Å². The van der Waals surface area contributed by atoms with E-state index >= 15 is 0 Å². The van der Waals surface area contributed by atoms with Crippen LogP contribution < -0.4 is 24.8 Å². The molecule has 0 radical (unpaired) electrons. The van der Waals surface area contributed by atoms with Crippen molar-refractivity contribution in [3.63, 3.8) is 0 Å². The number of halogens is 1. The molecule has 0 atom stereocenters. The minimum atomic E-state index is -0.630. The van der Waals surface area contributed by atoms with E-state index in [1.165, 1.54) is 44.1 Å². The van der Waals surface area contributed by atoms with E-state index in [0.717, 1.165) is 18.4 Å². The van der Waals surface area contributed by atoms with Gasteiger partial charge in [0.1, 0.15) is 19.0 Å². The van der Waals surface area contributed by atoms with Crippen LogP contribution in [0.3, 0.4) is 0 Å². The largest absolute Gasteiger partial charge is 0.486 e. The molecular weight excluding hydrogens is 539 g/mol. The van der Waals surface area contributed by atoms with Crippen molar-refractivity contribution >= 4 is 34.1 Å². The summed E-state index contributed by atoms with van der Waals surface area (Å²) >= 11 is 0. The van der Waals surface area contributed by atoms with Gasteiger partial charge in [0.15, 0.2) is 11.5 Å². The molecule has 0 aliphatic carbocycles. The lowest BCUT2D eigenvalue weighted by molar-refractivity contribution is 0.101. The number of carbonyl (C=O) groups excluding carboxylic acids is 2. The third kappa shape index (κ3) is 6.44. The van der Waals surface area contributed by atoms with Crippen molar-refractivity contribution in [3.05, 3.63) is 83.7 Å². The summed E-state index contributed by atoms with van der Waals surface area (Å²) in [6.07, 6.45) is 3.49. The van der Waals surface area contributed by atoms with Gasteiger partial charge in [0.25, 0.3) is 11.8 Å². The molecule has 1 fully saturated rings. The minimum Gasteiger partial charge on any atom is -0.486 e. The molecule has 42 heavy (non-hydrogen) atoms. The van der Waals surface area contributed by atoms with Crippen LogP contribution in [0.25, 0.3) is 10.9 Å². The number of ether oxygens (including phenoxy) is 3. The van der Waals surface area contributed by atoms with Crippen LogP contribution in [0.15, 0.2) is 66.7 Å². The lowest BCUT2D eigenvalue weighted by Gasteiger charge is -2.18. The van der Waals surface area contributed by atoms with Crippen molar-refractivity contribution in [2.24, 2.45) is 0 Å². The summed E-state index contributed by atoms with van der Waals surface area (Å²) in [5, 5.41) is 6.09. The van der Waals surface area contributed by atoms with Crippen molar-refractivity contribution in [1.82, 2.24) is 9.88 Å². The number of carbonyl (C=O) groups is 2. The molecule has 9 nitrogen and oxygen atoms in total. The third-order valence-corrected chi connectivity index (χ3v) is 7.27. The Morgan fingerprint density at radius 3 is 2.48 bits per heavy atom. The molecule has 0 unspecified atom stereocenters. The van der Waals surface area contributed by atoms with Crippen molar-refractivity contribution in [3.8, 4) is 17.4 Å². The van der Waals surface area contributed by atoms with Gasteiger partial charge in [-0.05, 0) is 93.0 Å². The van der Waals surface area contributed by atoms with E-state index in [2.05, 4.69) is 20.5 Å². The predicted octanol–water partition coefficient (Wildman–Crippen LogP) is 5.51. The normalized spacial score (nSPS) is 14.5. The zero-order valence-corrected chi connectivity index (χ0v) is 23.0. The van der Waals surface area contributed by atoms with E-state index in [9.17, 15) is 14.0 Å². The van der Waals surface area contributed by atoms with Crippen molar-refractivity contribution in [2.75, 3.05) is 50.1 Å². The topological polar surface area (TPSA) is 102 Å². The quantitative estimate of drug-likeness (QED) is 0.256. The fourth-order valence-electron chi connectivity index (χ4n) is 5.08. The molecule has 4 aromatic rings. The number of benzene rings is 3. The van der Waals surface area contributed by atoms with Crippen LogP contribution in [0.2, 0.25) is 0 Å². The molecule has 2 aliphatic rings. The zero-order valence-electron chi connectivity index (χ0n) is 23.0. The van der Waals surface area contributed by atoms with Gasteiger partial charge in [-0.25, -0.2) is 9.37 Å².